The van der Waals surface area contributed by atoms with Crippen molar-refractivity contribution in [2.24, 2.45) is 0 Å². The van der Waals surface area contributed by atoms with Crippen LogP contribution in [0.5, 0.6) is 5.75 Å². The van der Waals surface area contributed by atoms with E-state index in [2.05, 4.69) is 0 Å². The monoisotopic (exact) mass is 449 g/mol. The number of ketones is 1. The van der Waals surface area contributed by atoms with Crippen molar-refractivity contribution in [1.29, 1.82) is 0 Å². The minimum atomic E-state index is -3.74. The third kappa shape index (κ3) is 5.11. The summed E-state index contributed by atoms with van der Waals surface area (Å²) in [7, 11) is -2.40. The summed E-state index contributed by atoms with van der Waals surface area (Å²) in [5, 5.41) is 0. The van der Waals surface area contributed by atoms with Crippen molar-refractivity contribution in [3.8, 4) is 5.75 Å². The first-order valence-electron chi connectivity index (χ1n) is 9.88. The van der Waals surface area contributed by atoms with Crippen LogP contribution in [0.25, 0.3) is 0 Å². The van der Waals surface area contributed by atoms with Crippen LogP contribution in [0.4, 0.5) is 4.39 Å². The molecule has 7 nitrogen and oxygen atoms in total. The Morgan fingerprint density at radius 2 is 1.77 bits per heavy atom. The van der Waals surface area contributed by atoms with Gasteiger partial charge in [0.1, 0.15) is 11.6 Å². The number of hydrogen-bond acceptors (Lipinski definition) is 6. The van der Waals surface area contributed by atoms with E-state index in [9.17, 15) is 22.4 Å². The molecular weight excluding hydrogens is 425 g/mol. The van der Waals surface area contributed by atoms with E-state index in [1.807, 2.05) is 0 Å². The lowest BCUT2D eigenvalue weighted by Gasteiger charge is -2.26. The van der Waals surface area contributed by atoms with Gasteiger partial charge in [-0.15, -0.1) is 0 Å². The van der Waals surface area contributed by atoms with Gasteiger partial charge in [0.05, 0.1) is 23.1 Å². The fourth-order valence-electron chi connectivity index (χ4n) is 3.44. The third-order valence-electron chi connectivity index (χ3n) is 5.15. The van der Waals surface area contributed by atoms with Gasteiger partial charge in [0.15, 0.2) is 6.61 Å². The Hall–Kier alpha value is -2.78. The van der Waals surface area contributed by atoms with Gasteiger partial charge in [0, 0.05) is 13.1 Å². The minimum Gasteiger partial charge on any atom is -0.496 e. The summed E-state index contributed by atoms with van der Waals surface area (Å²) in [6.07, 6.45) is 2.58. The number of carbonyl (C=O) groups is 2. The molecule has 1 aliphatic rings. The number of methoxy groups -OCH3 is 1. The number of Topliss-reactive ketones (excluding diaryl/α,β-unsaturated/α-hetero) is 1. The average molecular weight is 450 g/mol. The third-order valence-corrected chi connectivity index (χ3v) is 7.19. The summed E-state index contributed by atoms with van der Waals surface area (Å²) >= 11 is 0. The number of halogens is 1. The van der Waals surface area contributed by atoms with Crippen molar-refractivity contribution in [1.82, 2.24) is 4.31 Å². The molecule has 1 aliphatic heterocycles. The number of ether oxygens (including phenoxy) is 2. The van der Waals surface area contributed by atoms with Gasteiger partial charge in [-0.05, 0) is 55.7 Å². The first kappa shape index (κ1) is 22.9. The van der Waals surface area contributed by atoms with Crippen molar-refractivity contribution in [2.45, 2.75) is 31.1 Å². The van der Waals surface area contributed by atoms with E-state index in [4.69, 9.17) is 9.47 Å². The lowest BCUT2D eigenvalue weighted by molar-refractivity contribution is 0.0473. The van der Waals surface area contributed by atoms with Crippen LogP contribution in [0.3, 0.4) is 0 Å². The molecular formula is C22H24FNO6S. The Bertz CT molecular complexity index is 1090. The number of sulfonamides is 1. The molecule has 0 aromatic heterocycles. The van der Waals surface area contributed by atoms with Crippen molar-refractivity contribution < 1.29 is 31.9 Å². The van der Waals surface area contributed by atoms with Crippen LogP contribution >= 0.6 is 0 Å². The van der Waals surface area contributed by atoms with Crippen molar-refractivity contribution >= 4 is 21.8 Å². The van der Waals surface area contributed by atoms with Gasteiger partial charge >= 0.3 is 5.97 Å². The van der Waals surface area contributed by atoms with Crippen LogP contribution in [-0.4, -0.2) is 51.3 Å². The maximum atomic E-state index is 13.5. The van der Waals surface area contributed by atoms with Crippen LogP contribution in [0.2, 0.25) is 0 Å². The molecule has 0 atom stereocenters. The Morgan fingerprint density at radius 3 is 2.45 bits per heavy atom. The molecule has 0 radical (unpaired) electrons. The van der Waals surface area contributed by atoms with Crippen molar-refractivity contribution in [3.05, 3.63) is 58.9 Å². The Kier molecular flexibility index (Phi) is 7.07. The molecule has 3 rings (SSSR count). The largest absolute Gasteiger partial charge is 0.496 e. The summed E-state index contributed by atoms with van der Waals surface area (Å²) in [4.78, 5) is 24.9. The Balaban J connectivity index is 1.76. The average Bonchev–Trinajstić information content (AvgIpc) is 2.78. The molecule has 1 heterocycles. The smallest absolute Gasteiger partial charge is 0.338 e. The number of carbonyl (C=O) groups excluding carboxylic acids is 2. The van der Waals surface area contributed by atoms with E-state index in [0.717, 1.165) is 31.4 Å². The molecule has 0 amide bonds. The molecule has 0 saturated carbocycles. The molecule has 0 spiro atoms. The second kappa shape index (κ2) is 9.57. The van der Waals surface area contributed by atoms with Gasteiger partial charge in [0.2, 0.25) is 15.8 Å². The highest BCUT2D eigenvalue weighted by Gasteiger charge is 2.28. The second-order valence-electron chi connectivity index (χ2n) is 7.29. The summed E-state index contributed by atoms with van der Waals surface area (Å²) in [5.41, 5.74) is 0.482. The predicted molar refractivity (Wildman–Crippen MR) is 111 cm³/mol. The standard InChI is InChI=1S/C22H24FNO6S/c1-15-6-7-16(12-21(15)31(27,28)24-10-4-3-5-11-24)22(26)30-14-19(25)18-13-17(23)8-9-20(18)29-2/h6-9,12-13H,3-5,10-11,14H2,1-2H3. The lowest BCUT2D eigenvalue weighted by Crippen LogP contribution is -2.36. The highest BCUT2D eigenvalue weighted by molar-refractivity contribution is 7.89. The van der Waals surface area contributed by atoms with E-state index in [0.29, 0.717) is 18.7 Å². The van der Waals surface area contributed by atoms with Crippen molar-refractivity contribution in [2.75, 3.05) is 26.8 Å². The van der Waals surface area contributed by atoms with Gasteiger partial charge < -0.3 is 9.47 Å². The Morgan fingerprint density at radius 1 is 1.06 bits per heavy atom. The van der Waals surface area contributed by atoms with Gasteiger partial charge in [-0.1, -0.05) is 12.5 Å². The van der Waals surface area contributed by atoms with Gasteiger partial charge in [0.25, 0.3) is 0 Å². The number of rotatable bonds is 7. The number of aryl methyl sites for hydroxylation is 1. The Labute approximate surface area is 180 Å². The maximum Gasteiger partial charge on any atom is 0.338 e. The summed E-state index contributed by atoms with van der Waals surface area (Å²) in [5.74, 6) is -1.95. The number of nitrogens with zero attached hydrogens (tertiary/aromatic N) is 1. The normalized spacial score (nSPS) is 14.8. The number of piperidine rings is 1. The SMILES string of the molecule is COc1ccc(F)cc1C(=O)COC(=O)c1ccc(C)c(S(=O)(=O)N2CCCCC2)c1. The minimum absolute atomic E-state index is 0.0141. The van der Waals surface area contributed by atoms with E-state index >= 15 is 0 Å². The quantitative estimate of drug-likeness (QED) is 0.476. The molecule has 0 aliphatic carbocycles. The highest BCUT2D eigenvalue weighted by Crippen LogP contribution is 2.25. The van der Waals surface area contributed by atoms with Gasteiger partial charge in [-0.2, -0.15) is 4.31 Å². The highest BCUT2D eigenvalue weighted by atomic mass is 32.2. The molecule has 2 aromatic carbocycles. The molecule has 0 bridgehead atoms. The topological polar surface area (TPSA) is 90.0 Å². The molecule has 31 heavy (non-hydrogen) atoms. The van der Waals surface area contributed by atoms with E-state index in [-0.39, 0.29) is 21.8 Å². The predicted octanol–water partition coefficient (Wildman–Crippen LogP) is 3.36. The number of benzene rings is 2. The molecule has 0 N–H and O–H groups in total. The molecule has 9 heteroatoms. The van der Waals surface area contributed by atoms with Crippen LogP contribution < -0.4 is 4.74 Å². The number of esters is 1. The molecule has 2 aromatic rings. The van der Waals surface area contributed by atoms with Gasteiger partial charge in [-0.3, -0.25) is 4.79 Å². The van der Waals surface area contributed by atoms with E-state index in [1.165, 1.54) is 35.7 Å². The summed E-state index contributed by atoms with van der Waals surface area (Å²) in [6, 6.07) is 7.71. The molecule has 166 valence electrons. The zero-order chi connectivity index (χ0) is 22.6. The van der Waals surface area contributed by atoms with Crippen LogP contribution in [0.15, 0.2) is 41.3 Å². The lowest BCUT2D eigenvalue weighted by atomic mass is 10.1. The second-order valence-corrected chi connectivity index (χ2v) is 9.20. The number of hydrogen-bond donors (Lipinski definition) is 0. The van der Waals surface area contributed by atoms with E-state index < -0.39 is 34.2 Å². The molecule has 1 saturated heterocycles. The zero-order valence-electron chi connectivity index (χ0n) is 17.4. The maximum absolute atomic E-state index is 13.5. The van der Waals surface area contributed by atoms with E-state index in [1.54, 1.807) is 6.92 Å². The summed E-state index contributed by atoms with van der Waals surface area (Å²) in [6.45, 7) is 1.91. The fraction of sp³-hybridized carbons (Fsp3) is 0.364. The fourth-order valence-corrected chi connectivity index (χ4v) is 5.21. The van der Waals surface area contributed by atoms with Gasteiger partial charge in [-0.25, -0.2) is 17.6 Å². The molecule has 1 fully saturated rings. The van der Waals surface area contributed by atoms with Crippen molar-refractivity contribution in [3.63, 3.8) is 0 Å². The van der Waals surface area contributed by atoms with Crippen LogP contribution in [0.1, 0.15) is 45.5 Å². The molecule has 0 unspecified atom stereocenters. The zero-order valence-corrected chi connectivity index (χ0v) is 18.2. The summed E-state index contributed by atoms with van der Waals surface area (Å²) < 4.78 is 51.0. The first-order chi connectivity index (χ1) is 14.7. The van der Waals surface area contributed by atoms with Crippen LogP contribution in [-0.2, 0) is 14.8 Å². The van der Waals surface area contributed by atoms with Crippen LogP contribution in [0, 0.1) is 12.7 Å². The first-order valence-corrected chi connectivity index (χ1v) is 11.3.